The van der Waals surface area contributed by atoms with E-state index in [1.54, 1.807) is 0 Å². The van der Waals surface area contributed by atoms with Crippen molar-refractivity contribution in [2.45, 2.75) is 20.3 Å². The molecule has 0 saturated heterocycles. The van der Waals surface area contributed by atoms with E-state index in [1.807, 2.05) is 24.4 Å². The van der Waals surface area contributed by atoms with Crippen LogP contribution in [0.5, 0.6) is 0 Å². The Morgan fingerprint density at radius 1 is 1.62 bits per heavy atom. The van der Waals surface area contributed by atoms with Crippen molar-refractivity contribution in [2.24, 2.45) is 0 Å². The zero-order chi connectivity index (χ0) is 9.68. The highest BCUT2D eigenvalue weighted by Gasteiger charge is 2.01. The van der Waals surface area contributed by atoms with E-state index in [2.05, 4.69) is 31.5 Å². The molecule has 1 aromatic rings. The van der Waals surface area contributed by atoms with Crippen molar-refractivity contribution in [1.29, 1.82) is 0 Å². The first-order valence-electron chi connectivity index (χ1n) is 4.53. The Balaban J connectivity index is 3.12. The molecule has 0 aliphatic rings. The first-order valence-corrected chi connectivity index (χ1v) is 4.53. The van der Waals surface area contributed by atoms with Gasteiger partial charge in [0.1, 0.15) is 0 Å². The van der Waals surface area contributed by atoms with Crippen LogP contribution in [0.3, 0.4) is 0 Å². The molecule has 1 aromatic heterocycles. The molecule has 0 bridgehead atoms. The highest BCUT2D eigenvalue weighted by atomic mass is 14.7. The molecule has 0 aliphatic heterocycles. The van der Waals surface area contributed by atoms with E-state index in [9.17, 15) is 0 Å². The molecule has 0 radical (unpaired) electrons. The van der Waals surface area contributed by atoms with E-state index in [0.717, 1.165) is 12.1 Å². The lowest BCUT2D eigenvalue weighted by Crippen LogP contribution is -1.91. The predicted molar refractivity (Wildman–Crippen MR) is 57.4 cm³/mol. The van der Waals surface area contributed by atoms with Crippen LogP contribution in [0.2, 0.25) is 0 Å². The van der Waals surface area contributed by atoms with E-state index in [-0.39, 0.29) is 0 Å². The van der Waals surface area contributed by atoms with Crippen molar-refractivity contribution in [2.75, 3.05) is 0 Å². The molecule has 0 N–H and O–H groups in total. The van der Waals surface area contributed by atoms with E-state index in [4.69, 9.17) is 0 Å². The van der Waals surface area contributed by atoms with Gasteiger partial charge in [0.2, 0.25) is 0 Å². The first kappa shape index (κ1) is 9.72. The fraction of sp³-hybridized carbons (Fsp3) is 0.250. The van der Waals surface area contributed by atoms with Crippen molar-refractivity contribution in [3.8, 4) is 0 Å². The highest BCUT2D eigenvalue weighted by Crippen LogP contribution is 2.18. The summed E-state index contributed by atoms with van der Waals surface area (Å²) in [6, 6.07) is 4.04. The van der Waals surface area contributed by atoms with Gasteiger partial charge >= 0.3 is 0 Å². The molecular formula is C12H15N. The number of hydrogen-bond donors (Lipinski definition) is 0. The summed E-state index contributed by atoms with van der Waals surface area (Å²) < 4.78 is 0. The summed E-state index contributed by atoms with van der Waals surface area (Å²) in [6.07, 6.45) is 6.65. The molecule has 0 amide bonds. The molecule has 0 spiro atoms. The van der Waals surface area contributed by atoms with Crippen LogP contribution in [-0.4, -0.2) is 4.98 Å². The smallest absolute Gasteiger partial charge is 0.0690 e. The van der Waals surface area contributed by atoms with Crippen LogP contribution < -0.4 is 0 Å². The molecule has 13 heavy (non-hydrogen) atoms. The fourth-order valence-corrected chi connectivity index (χ4v) is 1.33. The number of allylic oxidation sites excluding steroid dienone is 3. The number of nitrogens with zero attached hydrogens (tertiary/aromatic N) is 1. The van der Waals surface area contributed by atoms with Crippen LogP contribution in [0.15, 0.2) is 37.1 Å². The van der Waals surface area contributed by atoms with Gasteiger partial charge in [-0.3, -0.25) is 4.98 Å². The van der Waals surface area contributed by atoms with Crippen LogP contribution >= 0.6 is 0 Å². The third kappa shape index (κ3) is 2.28. The van der Waals surface area contributed by atoms with Crippen molar-refractivity contribution in [3.63, 3.8) is 0 Å². The summed E-state index contributed by atoms with van der Waals surface area (Å²) in [5, 5.41) is 0. The van der Waals surface area contributed by atoms with Gasteiger partial charge in [0.05, 0.1) is 5.69 Å². The molecular weight excluding hydrogens is 158 g/mol. The van der Waals surface area contributed by atoms with Gasteiger partial charge in [0.15, 0.2) is 0 Å². The largest absolute Gasteiger partial charge is 0.256 e. The molecule has 1 heteroatoms. The fourth-order valence-electron chi connectivity index (χ4n) is 1.33. The van der Waals surface area contributed by atoms with Crippen molar-refractivity contribution in [3.05, 3.63) is 48.3 Å². The summed E-state index contributed by atoms with van der Waals surface area (Å²) in [5.74, 6) is 0. The molecule has 68 valence electrons. The van der Waals surface area contributed by atoms with Gasteiger partial charge in [-0.15, -0.1) is 0 Å². The molecule has 0 fully saturated rings. The van der Waals surface area contributed by atoms with Crippen LogP contribution in [0.25, 0.3) is 5.57 Å². The molecule has 0 aromatic carbocycles. The lowest BCUT2D eigenvalue weighted by Gasteiger charge is -2.05. The van der Waals surface area contributed by atoms with E-state index in [0.29, 0.717) is 0 Å². The average Bonchev–Trinajstić information content (AvgIpc) is 2.16. The third-order valence-corrected chi connectivity index (χ3v) is 2.01. The maximum Gasteiger partial charge on any atom is 0.0690 e. The molecule has 1 nitrogen and oxygen atoms in total. The molecule has 0 saturated carbocycles. The van der Waals surface area contributed by atoms with Crippen molar-refractivity contribution in [1.82, 2.24) is 4.98 Å². The van der Waals surface area contributed by atoms with Crippen LogP contribution in [-0.2, 0) is 0 Å². The molecule has 0 atom stereocenters. The first-order chi connectivity index (χ1) is 6.29. The monoisotopic (exact) mass is 173 g/mol. The number of pyridine rings is 1. The van der Waals surface area contributed by atoms with Gasteiger partial charge in [0, 0.05) is 6.20 Å². The summed E-state index contributed by atoms with van der Waals surface area (Å²) in [6.45, 7) is 7.91. The Kier molecular flexibility index (Phi) is 3.44. The van der Waals surface area contributed by atoms with Gasteiger partial charge in [-0.25, -0.2) is 0 Å². The van der Waals surface area contributed by atoms with Gasteiger partial charge < -0.3 is 0 Å². The zero-order valence-electron chi connectivity index (χ0n) is 8.25. The van der Waals surface area contributed by atoms with Crippen LogP contribution in [0, 0.1) is 6.92 Å². The topological polar surface area (TPSA) is 12.9 Å². The Hall–Kier alpha value is -1.37. The van der Waals surface area contributed by atoms with Crippen molar-refractivity contribution < 1.29 is 0 Å². The predicted octanol–water partition coefficient (Wildman–Crippen LogP) is 3.37. The van der Waals surface area contributed by atoms with Crippen molar-refractivity contribution >= 4 is 5.57 Å². The zero-order valence-corrected chi connectivity index (χ0v) is 8.25. The number of aryl methyl sites for hydroxylation is 1. The maximum absolute atomic E-state index is 4.35. The van der Waals surface area contributed by atoms with Gasteiger partial charge in [-0.2, -0.15) is 0 Å². The molecule has 1 heterocycles. The minimum atomic E-state index is 0.990. The van der Waals surface area contributed by atoms with E-state index < -0.39 is 0 Å². The standard InChI is InChI=1S/C12H15N/c1-4-7-11(5-2)12-10(3)8-6-9-13-12/h4,6-9H,1,5H2,2-3H3/b11-7-. The number of hydrogen-bond acceptors (Lipinski definition) is 1. The Morgan fingerprint density at radius 2 is 2.38 bits per heavy atom. The molecule has 0 unspecified atom stereocenters. The Bertz CT molecular complexity index is 324. The number of aromatic nitrogens is 1. The highest BCUT2D eigenvalue weighted by molar-refractivity contribution is 5.66. The lowest BCUT2D eigenvalue weighted by molar-refractivity contribution is 1.15. The van der Waals surface area contributed by atoms with E-state index >= 15 is 0 Å². The third-order valence-electron chi connectivity index (χ3n) is 2.01. The second-order valence-corrected chi connectivity index (χ2v) is 2.95. The van der Waals surface area contributed by atoms with Gasteiger partial charge in [-0.05, 0) is 30.5 Å². The maximum atomic E-state index is 4.35. The quantitative estimate of drug-likeness (QED) is 0.638. The normalized spacial score (nSPS) is 11.4. The van der Waals surface area contributed by atoms with E-state index in [1.165, 1.54) is 11.1 Å². The summed E-state index contributed by atoms with van der Waals surface area (Å²) in [4.78, 5) is 4.35. The Labute approximate surface area is 79.8 Å². The SMILES string of the molecule is C=C/C=C(/CC)c1ncccc1C. The summed E-state index contributed by atoms with van der Waals surface area (Å²) >= 11 is 0. The minimum Gasteiger partial charge on any atom is -0.256 e. The Morgan fingerprint density at radius 3 is 2.92 bits per heavy atom. The molecule has 0 aliphatic carbocycles. The molecule has 1 rings (SSSR count). The van der Waals surface area contributed by atoms with Gasteiger partial charge in [-0.1, -0.05) is 31.7 Å². The summed E-state index contributed by atoms with van der Waals surface area (Å²) in [7, 11) is 0. The minimum absolute atomic E-state index is 0.990. The van der Waals surface area contributed by atoms with Crippen LogP contribution in [0.4, 0.5) is 0 Å². The summed E-state index contributed by atoms with van der Waals surface area (Å²) in [5.41, 5.74) is 3.55. The number of rotatable bonds is 3. The lowest BCUT2D eigenvalue weighted by atomic mass is 10.0. The average molecular weight is 173 g/mol. The van der Waals surface area contributed by atoms with Gasteiger partial charge in [0.25, 0.3) is 0 Å². The second-order valence-electron chi connectivity index (χ2n) is 2.95. The second kappa shape index (κ2) is 4.61. The van der Waals surface area contributed by atoms with Crippen LogP contribution in [0.1, 0.15) is 24.6 Å².